The van der Waals surface area contributed by atoms with Crippen molar-refractivity contribution in [2.45, 2.75) is 94.7 Å². The molecule has 0 bridgehead atoms. The summed E-state index contributed by atoms with van der Waals surface area (Å²) in [4.78, 5) is 54.2. The zero-order valence-corrected chi connectivity index (χ0v) is 38.2. The molecule has 0 radical (unpaired) electrons. The molecule has 7 rings (SSSR count). The van der Waals surface area contributed by atoms with Crippen LogP contribution in [0.25, 0.3) is 0 Å². The summed E-state index contributed by atoms with van der Waals surface area (Å²) in [6.07, 6.45) is 3.49. The van der Waals surface area contributed by atoms with E-state index in [0.29, 0.717) is 76.8 Å². The molecule has 0 aromatic heterocycles. The summed E-state index contributed by atoms with van der Waals surface area (Å²) in [5.41, 5.74) is 4.29. The summed E-state index contributed by atoms with van der Waals surface area (Å²) in [7, 11) is 1.60. The van der Waals surface area contributed by atoms with Crippen LogP contribution in [-0.4, -0.2) is 146 Å². The Balaban J connectivity index is 0.000000980. The molecule has 67 heavy (non-hydrogen) atoms. The highest BCUT2D eigenvalue weighted by Crippen LogP contribution is 2.39. The number of piperidine rings is 1. The Bertz CT molecular complexity index is 2100. The molecule has 1 unspecified atom stereocenters. The van der Waals surface area contributed by atoms with Gasteiger partial charge in [0.15, 0.2) is 18.5 Å². The summed E-state index contributed by atoms with van der Waals surface area (Å²) in [5.74, 6) is -2.37. The number of carboxylic acids is 1. The van der Waals surface area contributed by atoms with Crippen molar-refractivity contribution in [1.82, 2.24) is 20.0 Å². The van der Waals surface area contributed by atoms with Gasteiger partial charge in [-0.15, -0.1) is 0 Å². The molecular formula is C49H64F3N5O10. The van der Waals surface area contributed by atoms with Crippen LogP contribution in [-0.2, 0) is 52.8 Å². The second-order valence-corrected chi connectivity index (χ2v) is 17.5. The van der Waals surface area contributed by atoms with Crippen LogP contribution in [0.5, 0.6) is 11.5 Å². The monoisotopic (exact) mass is 939 g/mol. The van der Waals surface area contributed by atoms with Crippen molar-refractivity contribution in [1.29, 1.82) is 0 Å². The van der Waals surface area contributed by atoms with Crippen LogP contribution in [0.4, 0.5) is 18.9 Å². The number of nitrogens with one attached hydrogen (secondary N) is 2. The number of amides is 3. The third kappa shape index (κ3) is 14.9. The Morgan fingerprint density at radius 3 is 2.40 bits per heavy atom. The number of aliphatic carboxylic acids is 1. The summed E-state index contributed by atoms with van der Waals surface area (Å²) in [6.45, 7) is 7.26. The molecule has 1 atom stereocenters. The van der Waals surface area contributed by atoms with Crippen molar-refractivity contribution in [2.75, 3.05) is 84.7 Å². The molecule has 3 fully saturated rings. The maximum atomic E-state index is 13.6. The average molecular weight is 940 g/mol. The van der Waals surface area contributed by atoms with E-state index in [1.807, 2.05) is 41.3 Å². The summed E-state index contributed by atoms with van der Waals surface area (Å²) in [6, 6.07) is 22.1. The molecule has 4 aliphatic rings. The number of fused-ring (bicyclic) bond motifs is 1. The van der Waals surface area contributed by atoms with Gasteiger partial charge < -0.3 is 49.6 Å². The molecule has 4 N–H and O–H groups in total. The van der Waals surface area contributed by atoms with Crippen molar-refractivity contribution in [3.63, 3.8) is 0 Å². The van der Waals surface area contributed by atoms with Crippen molar-refractivity contribution in [3.8, 4) is 11.5 Å². The maximum Gasteiger partial charge on any atom is 0.490 e. The first kappa shape index (κ1) is 51.1. The van der Waals surface area contributed by atoms with E-state index < -0.39 is 18.2 Å². The number of likely N-dealkylation sites (tertiary alicyclic amines) is 1. The van der Waals surface area contributed by atoms with E-state index in [9.17, 15) is 32.7 Å². The third-order valence-electron chi connectivity index (χ3n) is 12.8. The number of hydrogen-bond acceptors (Lipinski definition) is 11. The SMILES string of the molecule is COC(C(=O)N1CCOC2(CCN(Cc3cccc(CCOCCC(=O)N(CCNCCc4ccc(O)c5c4OCC(=O)N5)C4CCCCC4)c3)CC2)C1)c1ccccc1.O=C(O)C(F)(F)F. The van der Waals surface area contributed by atoms with E-state index in [0.717, 1.165) is 75.7 Å². The number of halogens is 3. The molecule has 15 nitrogen and oxygen atoms in total. The minimum absolute atomic E-state index is 0.000699. The highest BCUT2D eigenvalue weighted by atomic mass is 19.4. The largest absolute Gasteiger partial charge is 0.506 e. The Morgan fingerprint density at radius 1 is 0.955 bits per heavy atom. The van der Waals surface area contributed by atoms with Crippen molar-refractivity contribution >= 4 is 29.4 Å². The van der Waals surface area contributed by atoms with Gasteiger partial charge in [-0.1, -0.05) is 79.9 Å². The number of phenolic OH excluding ortho intramolecular Hbond substituents is 1. The average Bonchev–Trinajstić information content (AvgIpc) is 3.32. The van der Waals surface area contributed by atoms with Crippen LogP contribution in [0.2, 0.25) is 0 Å². The summed E-state index contributed by atoms with van der Waals surface area (Å²) in [5, 5.41) is 23.5. The number of hydrogen-bond donors (Lipinski definition) is 4. The summed E-state index contributed by atoms with van der Waals surface area (Å²) >= 11 is 0. The molecule has 3 aromatic carbocycles. The third-order valence-corrected chi connectivity index (χ3v) is 12.8. The number of morpholine rings is 1. The van der Waals surface area contributed by atoms with Gasteiger partial charge in [0, 0.05) is 59.0 Å². The minimum Gasteiger partial charge on any atom is -0.506 e. The van der Waals surface area contributed by atoms with Gasteiger partial charge in [-0.05, 0) is 73.4 Å². The van der Waals surface area contributed by atoms with E-state index in [-0.39, 0.29) is 41.7 Å². The first-order valence-corrected chi connectivity index (χ1v) is 23.2. The van der Waals surface area contributed by atoms with Crippen LogP contribution in [0.15, 0.2) is 66.7 Å². The molecule has 1 aliphatic carbocycles. The molecule has 3 aromatic rings. The second-order valence-electron chi connectivity index (χ2n) is 17.5. The number of methoxy groups -OCH3 is 1. The molecule has 1 spiro atoms. The van der Waals surface area contributed by atoms with Crippen molar-refractivity contribution < 1.29 is 61.5 Å². The minimum atomic E-state index is -5.08. The number of nitrogens with zero attached hydrogens (tertiary/aromatic N) is 3. The molecule has 3 heterocycles. The number of ether oxygens (including phenoxy) is 4. The van der Waals surface area contributed by atoms with Crippen molar-refractivity contribution in [2.24, 2.45) is 0 Å². The van der Waals surface area contributed by atoms with E-state index in [1.165, 1.54) is 17.5 Å². The Morgan fingerprint density at radius 2 is 1.69 bits per heavy atom. The molecule has 18 heteroatoms. The number of phenols is 1. The number of carbonyl (C=O) groups is 4. The predicted molar refractivity (Wildman–Crippen MR) is 243 cm³/mol. The second kappa shape index (κ2) is 24.7. The van der Waals surface area contributed by atoms with Crippen LogP contribution in [0, 0.1) is 0 Å². The number of carbonyl (C=O) groups excluding carboxylic acids is 3. The quantitative estimate of drug-likeness (QED) is 0.0881. The fourth-order valence-corrected chi connectivity index (χ4v) is 9.23. The maximum absolute atomic E-state index is 13.6. The number of carboxylic acid groups (broad SMARTS) is 1. The van der Waals surface area contributed by atoms with Crippen LogP contribution < -0.4 is 15.4 Å². The van der Waals surface area contributed by atoms with Crippen molar-refractivity contribution in [3.05, 3.63) is 89.0 Å². The van der Waals surface area contributed by atoms with Gasteiger partial charge in [-0.2, -0.15) is 13.2 Å². The van der Waals surface area contributed by atoms with E-state index in [1.54, 1.807) is 13.2 Å². The lowest BCUT2D eigenvalue weighted by molar-refractivity contribution is -0.192. The van der Waals surface area contributed by atoms with Gasteiger partial charge in [-0.25, -0.2) is 4.79 Å². The lowest BCUT2D eigenvalue weighted by Crippen LogP contribution is -2.58. The van der Waals surface area contributed by atoms with Gasteiger partial charge in [0.05, 0.1) is 31.8 Å². The molecule has 366 valence electrons. The normalized spacial score (nSPS) is 17.9. The molecule has 3 amide bonds. The Labute approximate surface area is 389 Å². The Kier molecular flexibility index (Phi) is 18.8. The fraction of sp³-hybridized carbons (Fsp3) is 0.551. The van der Waals surface area contributed by atoms with Gasteiger partial charge in [-0.3, -0.25) is 19.3 Å². The summed E-state index contributed by atoms with van der Waals surface area (Å²) < 4.78 is 55.5. The van der Waals surface area contributed by atoms with E-state index >= 15 is 0 Å². The van der Waals surface area contributed by atoms with Gasteiger partial charge in [0.2, 0.25) is 5.91 Å². The first-order chi connectivity index (χ1) is 32.2. The molecular weight excluding hydrogens is 876 g/mol. The number of anilines is 1. The topological polar surface area (TPSA) is 179 Å². The van der Waals surface area contributed by atoms with E-state index in [4.69, 9.17) is 28.8 Å². The number of rotatable bonds is 18. The fourth-order valence-electron chi connectivity index (χ4n) is 9.23. The number of alkyl halides is 3. The number of benzene rings is 3. The predicted octanol–water partition coefficient (Wildman–Crippen LogP) is 5.88. The Hall–Kier alpha value is -5.27. The first-order valence-electron chi connectivity index (χ1n) is 23.2. The van der Waals surface area contributed by atoms with Gasteiger partial charge in [0.1, 0.15) is 11.4 Å². The zero-order valence-electron chi connectivity index (χ0n) is 38.2. The van der Waals surface area contributed by atoms with Gasteiger partial charge in [0.25, 0.3) is 11.8 Å². The van der Waals surface area contributed by atoms with Gasteiger partial charge >= 0.3 is 12.1 Å². The van der Waals surface area contributed by atoms with Crippen LogP contribution >= 0.6 is 0 Å². The van der Waals surface area contributed by atoms with E-state index in [2.05, 4.69) is 44.7 Å². The lowest BCUT2D eigenvalue weighted by Gasteiger charge is -2.47. The van der Waals surface area contributed by atoms with Crippen LogP contribution in [0.3, 0.4) is 0 Å². The zero-order chi connectivity index (χ0) is 47.8. The molecule has 3 aliphatic heterocycles. The highest BCUT2D eigenvalue weighted by Gasteiger charge is 2.42. The molecule has 2 saturated heterocycles. The lowest BCUT2D eigenvalue weighted by atomic mass is 9.88. The standard InChI is InChI=1S/C47H63N5O8.C2HF3O2/c1-57-45(37-11-4-2-5-12-37)46(56)51-27-30-60-47(34-51)20-24-50(25-21-47)32-36-10-8-9-35(31-36)18-28-58-29-19-42(55)52(39-13-6-3-7-14-39)26-23-48-22-17-38-15-16-40(53)43-44(38)59-33-41(54)49-43;3-2(4,5)1(6)7/h2,4-5,8-12,15-16,31,39,45,48,53H,3,6-7,13-14,17-30,32-34H2,1H3,(H,49,54);(H,6,7). The highest BCUT2D eigenvalue weighted by molar-refractivity contribution is 5.97. The smallest absolute Gasteiger partial charge is 0.490 e. The van der Waals surface area contributed by atoms with Crippen LogP contribution in [0.1, 0.15) is 79.7 Å². The molecule has 1 saturated carbocycles. The number of aromatic hydroxyl groups is 1.